The van der Waals surface area contributed by atoms with E-state index in [-0.39, 0.29) is 0 Å². The Morgan fingerprint density at radius 3 is 3.11 bits per heavy atom. The van der Waals surface area contributed by atoms with Gasteiger partial charge < -0.3 is 0 Å². The van der Waals surface area contributed by atoms with Crippen LogP contribution in [-0.2, 0) is 0 Å². The molecule has 0 radical (unpaired) electrons. The van der Waals surface area contributed by atoms with Gasteiger partial charge in [-0.3, -0.25) is 20.4 Å². The second kappa shape index (κ2) is 4.58. The second-order valence-corrected chi connectivity index (χ2v) is 4.43. The Morgan fingerprint density at radius 2 is 2.37 bits per heavy atom. The highest BCUT2D eigenvalue weighted by Gasteiger charge is 2.12. The number of nitriles is 1. The molecule has 3 rings (SSSR count). The average molecular weight is 251 g/mol. The minimum absolute atomic E-state index is 0.632. The van der Waals surface area contributed by atoms with Crippen molar-refractivity contribution in [2.24, 2.45) is 4.99 Å². The van der Waals surface area contributed by atoms with E-state index in [1.165, 1.54) is 0 Å². The lowest BCUT2D eigenvalue weighted by molar-refractivity contribution is 0.557. The predicted octanol–water partition coefficient (Wildman–Crippen LogP) is 2.09. The van der Waals surface area contributed by atoms with Crippen molar-refractivity contribution in [3.05, 3.63) is 35.5 Å². The molecule has 0 bridgehead atoms. The Labute approximate surface area is 111 Å². The summed E-state index contributed by atoms with van der Waals surface area (Å²) in [5.74, 6) is 0. The number of hydrazine groups is 1. The number of fused-ring (bicyclic) bond motifs is 1. The van der Waals surface area contributed by atoms with Crippen molar-refractivity contribution in [1.29, 1.82) is 5.26 Å². The molecule has 0 aliphatic carbocycles. The van der Waals surface area contributed by atoms with E-state index in [2.05, 4.69) is 21.5 Å². The summed E-state index contributed by atoms with van der Waals surface area (Å²) in [6.45, 7) is 3.64. The van der Waals surface area contributed by atoms with Crippen molar-refractivity contribution in [3.63, 3.8) is 0 Å². The quantitative estimate of drug-likeness (QED) is 0.887. The van der Waals surface area contributed by atoms with Crippen LogP contribution in [0.15, 0.2) is 29.4 Å². The van der Waals surface area contributed by atoms with Gasteiger partial charge in [0.15, 0.2) is 0 Å². The third-order valence-corrected chi connectivity index (χ3v) is 3.22. The SMILES string of the molecule is Cc1c(NN2C=NCC2)cc(C#N)c2cccnc12. The molecule has 0 atom stereocenters. The van der Waals surface area contributed by atoms with Crippen molar-refractivity contribution in [2.75, 3.05) is 18.5 Å². The van der Waals surface area contributed by atoms with E-state index in [0.717, 1.165) is 35.2 Å². The number of aryl methyl sites for hydroxylation is 1. The van der Waals surface area contributed by atoms with E-state index in [4.69, 9.17) is 0 Å². The number of nitrogens with zero attached hydrogens (tertiary/aromatic N) is 4. The van der Waals surface area contributed by atoms with Crippen LogP contribution in [-0.4, -0.2) is 29.4 Å². The lowest BCUT2D eigenvalue weighted by Gasteiger charge is -2.19. The molecule has 5 nitrogen and oxygen atoms in total. The zero-order chi connectivity index (χ0) is 13.2. The summed E-state index contributed by atoms with van der Waals surface area (Å²) < 4.78 is 0. The standard InChI is InChI=1S/C14H13N5/c1-10-13(18-19-6-5-16-9-19)7-11(8-15)12-3-2-4-17-14(10)12/h2-4,7,9,18H,5-6H2,1H3. The molecule has 2 aromatic rings. The first-order chi connectivity index (χ1) is 9.29. The number of nitrogens with one attached hydrogen (secondary N) is 1. The zero-order valence-corrected chi connectivity index (χ0v) is 10.6. The van der Waals surface area contributed by atoms with Gasteiger partial charge in [0.25, 0.3) is 0 Å². The summed E-state index contributed by atoms with van der Waals surface area (Å²) in [6, 6.07) is 7.87. The molecule has 1 N–H and O–H groups in total. The molecule has 19 heavy (non-hydrogen) atoms. The van der Waals surface area contributed by atoms with Gasteiger partial charge in [0, 0.05) is 17.1 Å². The van der Waals surface area contributed by atoms with Gasteiger partial charge in [-0.05, 0) is 25.1 Å². The molecule has 1 aliphatic rings. The summed E-state index contributed by atoms with van der Waals surface area (Å²) in [7, 11) is 0. The Balaban J connectivity index is 2.12. The first-order valence-corrected chi connectivity index (χ1v) is 6.11. The van der Waals surface area contributed by atoms with Crippen molar-refractivity contribution >= 4 is 22.9 Å². The van der Waals surface area contributed by atoms with E-state index in [1.807, 2.05) is 30.1 Å². The maximum absolute atomic E-state index is 9.27. The molecule has 2 heterocycles. The number of aliphatic imine (C=N–C) groups is 1. The normalized spacial score (nSPS) is 13.8. The van der Waals surface area contributed by atoms with Gasteiger partial charge >= 0.3 is 0 Å². The zero-order valence-electron chi connectivity index (χ0n) is 10.6. The lowest BCUT2D eigenvalue weighted by Crippen LogP contribution is -2.27. The monoisotopic (exact) mass is 251 g/mol. The van der Waals surface area contributed by atoms with Crippen LogP contribution in [0.5, 0.6) is 0 Å². The van der Waals surface area contributed by atoms with E-state index >= 15 is 0 Å². The first kappa shape index (κ1) is 11.5. The van der Waals surface area contributed by atoms with Gasteiger partial charge in [0.2, 0.25) is 0 Å². The van der Waals surface area contributed by atoms with Crippen molar-refractivity contribution < 1.29 is 0 Å². The molecule has 1 aromatic heterocycles. The highest BCUT2D eigenvalue weighted by molar-refractivity contribution is 5.91. The average Bonchev–Trinajstić information content (AvgIpc) is 2.95. The maximum atomic E-state index is 9.27. The summed E-state index contributed by atoms with van der Waals surface area (Å²) in [4.78, 5) is 8.53. The fourth-order valence-electron chi connectivity index (χ4n) is 2.21. The predicted molar refractivity (Wildman–Crippen MR) is 74.9 cm³/mol. The van der Waals surface area contributed by atoms with Gasteiger partial charge in [0.05, 0.1) is 35.9 Å². The summed E-state index contributed by atoms with van der Waals surface area (Å²) >= 11 is 0. The summed E-state index contributed by atoms with van der Waals surface area (Å²) in [5, 5.41) is 12.1. The van der Waals surface area contributed by atoms with E-state index in [0.29, 0.717) is 5.56 Å². The van der Waals surface area contributed by atoms with Crippen molar-refractivity contribution in [3.8, 4) is 6.07 Å². The molecule has 1 aliphatic heterocycles. The van der Waals surface area contributed by atoms with Crippen molar-refractivity contribution in [2.45, 2.75) is 6.92 Å². The molecular formula is C14H13N5. The molecule has 0 unspecified atom stereocenters. The van der Waals surface area contributed by atoms with Crippen LogP contribution in [0.4, 0.5) is 5.69 Å². The highest BCUT2D eigenvalue weighted by Crippen LogP contribution is 2.27. The minimum atomic E-state index is 0.632. The number of anilines is 1. The van der Waals surface area contributed by atoms with E-state index in [1.54, 1.807) is 12.5 Å². The topological polar surface area (TPSA) is 64.3 Å². The van der Waals surface area contributed by atoms with Crippen LogP contribution >= 0.6 is 0 Å². The lowest BCUT2D eigenvalue weighted by atomic mass is 10.0. The smallest absolute Gasteiger partial charge is 0.104 e. The summed E-state index contributed by atoms with van der Waals surface area (Å²) in [5.41, 5.74) is 6.70. The maximum Gasteiger partial charge on any atom is 0.104 e. The van der Waals surface area contributed by atoms with Gasteiger partial charge in [0.1, 0.15) is 6.34 Å². The van der Waals surface area contributed by atoms with Crippen molar-refractivity contribution in [1.82, 2.24) is 9.99 Å². The number of aromatic nitrogens is 1. The molecule has 94 valence electrons. The van der Waals surface area contributed by atoms with Gasteiger partial charge in [-0.1, -0.05) is 0 Å². The van der Waals surface area contributed by atoms with Crippen LogP contribution in [0.25, 0.3) is 10.9 Å². The number of hydrogen-bond acceptors (Lipinski definition) is 5. The van der Waals surface area contributed by atoms with E-state index in [9.17, 15) is 5.26 Å². The Bertz CT molecular complexity index is 699. The van der Waals surface area contributed by atoms with Crippen LogP contribution in [0, 0.1) is 18.3 Å². The number of benzene rings is 1. The molecule has 0 amide bonds. The fraction of sp³-hybridized carbons (Fsp3) is 0.214. The minimum Gasteiger partial charge on any atom is -0.297 e. The molecule has 0 fully saturated rings. The largest absolute Gasteiger partial charge is 0.297 e. The third-order valence-electron chi connectivity index (χ3n) is 3.22. The van der Waals surface area contributed by atoms with Gasteiger partial charge in [-0.25, -0.2) is 0 Å². The fourth-order valence-corrected chi connectivity index (χ4v) is 2.21. The number of hydrogen-bond donors (Lipinski definition) is 1. The third kappa shape index (κ3) is 1.97. The molecule has 1 aromatic carbocycles. The summed E-state index contributed by atoms with van der Waals surface area (Å²) in [6.07, 6.45) is 3.52. The Kier molecular flexibility index (Phi) is 2.76. The van der Waals surface area contributed by atoms with Crippen LogP contribution in [0.2, 0.25) is 0 Å². The molecule has 0 saturated heterocycles. The van der Waals surface area contributed by atoms with Crippen LogP contribution < -0.4 is 5.43 Å². The van der Waals surface area contributed by atoms with Crippen LogP contribution in [0.1, 0.15) is 11.1 Å². The number of rotatable bonds is 2. The van der Waals surface area contributed by atoms with Crippen LogP contribution in [0.3, 0.4) is 0 Å². The number of pyridine rings is 1. The van der Waals surface area contributed by atoms with E-state index < -0.39 is 0 Å². The van der Waals surface area contributed by atoms with Gasteiger partial charge in [-0.15, -0.1) is 0 Å². The molecular weight excluding hydrogens is 238 g/mol. The molecule has 0 spiro atoms. The molecule has 0 saturated carbocycles. The first-order valence-electron chi connectivity index (χ1n) is 6.11. The Hall–Kier alpha value is -2.61. The highest BCUT2D eigenvalue weighted by atomic mass is 15.5. The Morgan fingerprint density at radius 1 is 1.47 bits per heavy atom. The van der Waals surface area contributed by atoms with Gasteiger partial charge in [-0.2, -0.15) is 5.26 Å². The molecule has 5 heteroatoms. The second-order valence-electron chi connectivity index (χ2n) is 4.43.